The van der Waals surface area contributed by atoms with Crippen molar-refractivity contribution in [2.75, 3.05) is 26.7 Å². The van der Waals surface area contributed by atoms with Gasteiger partial charge in [0.25, 0.3) is 0 Å². The van der Waals surface area contributed by atoms with Crippen molar-refractivity contribution in [3.63, 3.8) is 0 Å². The molecule has 0 aromatic heterocycles. The molecule has 1 aliphatic rings. The molecule has 2 rings (SSSR count). The van der Waals surface area contributed by atoms with Crippen molar-refractivity contribution in [2.45, 2.75) is 32.7 Å². The van der Waals surface area contributed by atoms with E-state index in [0.29, 0.717) is 24.4 Å². The zero-order valence-corrected chi connectivity index (χ0v) is 18.4. The van der Waals surface area contributed by atoms with Gasteiger partial charge in [-0.25, -0.2) is 4.99 Å². The topological polar surface area (TPSA) is 99.8 Å². The lowest BCUT2D eigenvalue weighted by atomic mass is 9.93. The second kappa shape index (κ2) is 11.8. The van der Waals surface area contributed by atoms with Crippen molar-refractivity contribution in [2.24, 2.45) is 16.6 Å². The van der Waals surface area contributed by atoms with Gasteiger partial charge in [-0.1, -0.05) is 12.1 Å². The van der Waals surface area contributed by atoms with Crippen LogP contribution >= 0.6 is 24.0 Å². The Morgan fingerprint density at radius 1 is 1.30 bits per heavy atom. The zero-order chi connectivity index (χ0) is 18.9. The number of nitrogens with zero attached hydrogens (tertiary/aromatic N) is 2. The highest BCUT2D eigenvalue weighted by Crippen LogP contribution is 2.20. The molecule has 1 saturated heterocycles. The minimum atomic E-state index is -0.430. The molecule has 150 valence electrons. The first kappa shape index (κ1) is 23.2. The Labute approximate surface area is 178 Å². The number of carbonyl (C=O) groups is 2. The number of primary amides is 1. The number of nitrogens with two attached hydrogens (primary N) is 1. The standard InChI is InChI=1S/C19H29N5O2.HI/c1-3-22-19(23-13-15-5-4-6-16(11-15)18(20)26)24-9-7-14(8-10-24)12-17(25)21-2;/h4-6,11,14H,3,7-10,12-13H2,1-2H3,(H2,20,26)(H,21,25)(H,22,23);1H. The maximum absolute atomic E-state index is 11.5. The van der Waals surface area contributed by atoms with Crippen LogP contribution in [0.5, 0.6) is 0 Å². The fourth-order valence-electron chi connectivity index (χ4n) is 3.13. The fourth-order valence-corrected chi connectivity index (χ4v) is 3.13. The zero-order valence-electron chi connectivity index (χ0n) is 16.0. The number of halogens is 1. The molecule has 7 nitrogen and oxygen atoms in total. The Morgan fingerprint density at radius 3 is 2.59 bits per heavy atom. The van der Waals surface area contributed by atoms with Crippen LogP contribution in [0.15, 0.2) is 29.3 Å². The number of hydrogen-bond donors (Lipinski definition) is 3. The number of aliphatic imine (C=N–C) groups is 1. The number of carbonyl (C=O) groups excluding carboxylic acids is 2. The Hall–Kier alpha value is -1.84. The van der Waals surface area contributed by atoms with Crippen LogP contribution in [0, 0.1) is 5.92 Å². The van der Waals surface area contributed by atoms with Gasteiger partial charge in [0.05, 0.1) is 6.54 Å². The molecule has 0 radical (unpaired) electrons. The molecule has 27 heavy (non-hydrogen) atoms. The lowest BCUT2D eigenvalue weighted by Crippen LogP contribution is -2.46. The smallest absolute Gasteiger partial charge is 0.248 e. The molecule has 0 bridgehead atoms. The fraction of sp³-hybridized carbons (Fsp3) is 0.526. The van der Waals surface area contributed by atoms with E-state index in [0.717, 1.165) is 44.0 Å². The van der Waals surface area contributed by atoms with Gasteiger partial charge < -0.3 is 21.3 Å². The number of guanidine groups is 1. The minimum absolute atomic E-state index is 0. The summed E-state index contributed by atoms with van der Waals surface area (Å²) in [6, 6.07) is 7.25. The number of nitrogens with one attached hydrogen (secondary N) is 2. The summed E-state index contributed by atoms with van der Waals surface area (Å²) < 4.78 is 0. The van der Waals surface area contributed by atoms with Crippen molar-refractivity contribution in [3.05, 3.63) is 35.4 Å². The van der Waals surface area contributed by atoms with Gasteiger partial charge in [-0.2, -0.15) is 0 Å². The average molecular weight is 487 g/mol. The minimum Gasteiger partial charge on any atom is -0.366 e. The third kappa shape index (κ3) is 7.36. The lowest BCUT2D eigenvalue weighted by molar-refractivity contribution is -0.121. The van der Waals surface area contributed by atoms with Gasteiger partial charge in [0, 0.05) is 38.7 Å². The summed E-state index contributed by atoms with van der Waals surface area (Å²) in [5.74, 6) is 0.982. The molecule has 1 fully saturated rings. The summed E-state index contributed by atoms with van der Waals surface area (Å²) >= 11 is 0. The molecule has 1 aromatic carbocycles. The van der Waals surface area contributed by atoms with E-state index in [4.69, 9.17) is 10.7 Å². The van der Waals surface area contributed by atoms with E-state index >= 15 is 0 Å². The van der Waals surface area contributed by atoms with Gasteiger partial charge >= 0.3 is 0 Å². The normalized spacial score (nSPS) is 15.0. The maximum Gasteiger partial charge on any atom is 0.248 e. The lowest BCUT2D eigenvalue weighted by Gasteiger charge is -2.34. The molecule has 0 aliphatic carbocycles. The van der Waals surface area contributed by atoms with Crippen molar-refractivity contribution < 1.29 is 9.59 Å². The van der Waals surface area contributed by atoms with Crippen LogP contribution < -0.4 is 16.4 Å². The Morgan fingerprint density at radius 2 is 2.00 bits per heavy atom. The quantitative estimate of drug-likeness (QED) is 0.323. The van der Waals surface area contributed by atoms with E-state index in [9.17, 15) is 9.59 Å². The highest BCUT2D eigenvalue weighted by molar-refractivity contribution is 14.0. The van der Waals surface area contributed by atoms with Crippen LogP contribution in [0.3, 0.4) is 0 Å². The molecule has 0 saturated carbocycles. The van der Waals surface area contributed by atoms with E-state index in [-0.39, 0.29) is 29.9 Å². The van der Waals surface area contributed by atoms with Crippen LogP contribution in [0.4, 0.5) is 0 Å². The van der Waals surface area contributed by atoms with E-state index in [1.54, 1.807) is 19.2 Å². The predicted molar refractivity (Wildman–Crippen MR) is 118 cm³/mol. The highest BCUT2D eigenvalue weighted by Gasteiger charge is 2.23. The summed E-state index contributed by atoms with van der Waals surface area (Å²) in [5, 5.41) is 6.03. The number of piperidine rings is 1. The molecule has 2 amide bonds. The number of hydrogen-bond acceptors (Lipinski definition) is 3. The molecule has 8 heteroatoms. The Kier molecular flexibility index (Phi) is 10.1. The molecular formula is C19H30IN5O2. The summed E-state index contributed by atoms with van der Waals surface area (Å²) in [5.41, 5.74) is 6.78. The summed E-state index contributed by atoms with van der Waals surface area (Å²) in [7, 11) is 1.68. The molecule has 1 aromatic rings. The van der Waals surface area contributed by atoms with Gasteiger partial charge in [0.1, 0.15) is 0 Å². The Bertz CT molecular complexity index is 657. The summed E-state index contributed by atoms with van der Waals surface area (Å²) in [6.07, 6.45) is 2.56. The molecule has 0 atom stereocenters. The van der Waals surface area contributed by atoms with Gasteiger partial charge in [-0.05, 0) is 43.4 Å². The number of amides is 2. The molecule has 0 spiro atoms. The Balaban J connectivity index is 0.00000364. The molecule has 1 heterocycles. The van der Waals surface area contributed by atoms with E-state index in [1.165, 1.54) is 0 Å². The average Bonchev–Trinajstić information content (AvgIpc) is 2.66. The van der Waals surface area contributed by atoms with Gasteiger partial charge in [-0.3, -0.25) is 9.59 Å². The van der Waals surface area contributed by atoms with E-state index < -0.39 is 5.91 Å². The first-order valence-electron chi connectivity index (χ1n) is 9.16. The van der Waals surface area contributed by atoms with Crippen molar-refractivity contribution >= 4 is 41.8 Å². The third-order valence-corrected chi connectivity index (χ3v) is 4.62. The predicted octanol–water partition coefficient (Wildman–Crippen LogP) is 1.72. The number of benzene rings is 1. The third-order valence-electron chi connectivity index (χ3n) is 4.62. The largest absolute Gasteiger partial charge is 0.366 e. The molecule has 1 aliphatic heterocycles. The van der Waals surface area contributed by atoms with Crippen LogP contribution in [-0.4, -0.2) is 49.4 Å². The van der Waals surface area contributed by atoms with Crippen LogP contribution in [-0.2, 0) is 11.3 Å². The van der Waals surface area contributed by atoms with E-state index in [2.05, 4.69) is 15.5 Å². The van der Waals surface area contributed by atoms with Gasteiger partial charge in [0.15, 0.2) is 5.96 Å². The van der Waals surface area contributed by atoms with Crippen molar-refractivity contribution in [3.8, 4) is 0 Å². The van der Waals surface area contributed by atoms with Gasteiger partial charge in [0.2, 0.25) is 11.8 Å². The highest BCUT2D eigenvalue weighted by atomic mass is 127. The second-order valence-electron chi connectivity index (χ2n) is 6.54. The molecule has 4 N–H and O–H groups in total. The maximum atomic E-state index is 11.5. The van der Waals surface area contributed by atoms with Crippen molar-refractivity contribution in [1.29, 1.82) is 0 Å². The molecule has 0 unspecified atom stereocenters. The monoisotopic (exact) mass is 487 g/mol. The first-order valence-corrected chi connectivity index (χ1v) is 9.16. The van der Waals surface area contributed by atoms with Crippen LogP contribution in [0.1, 0.15) is 42.1 Å². The second-order valence-corrected chi connectivity index (χ2v) is 6.54. The van der Waals surface area contributed by atoms with Gasteiger partial charge in [-0.15, -0.1) is 24.0 Å². The SMILES string of the molecule is CCNC(=NCc1cccc(C(N)=O)c1)N1CCC(CC(=O)NC)CC1.I. The summed E-state index contributed by atoms with van der Waals surface area (Å²) in [4.78, 5) is 29.8. The number of likely N-dealkylation sites (tertiary alicyclic amines) is 1. The van der Waals surface area contributed by atoms with Crippen molar-refractivity contribution in [1.82, 2.24) is 15.5 Å². The van der Waals surface area contributed by atoms with Crippen LogP contribution in [0.2, 0.25) is 0 Å². The molecular weight excluding hydrogens is 457 g/mol. The summed E-state index contributed by atoms with van der Waals surface area (Å²) in [6.45, 7) is 5.09. The number of rotatable bonds is 6. The first-order chi connectivity index (χ1) is 12.5. The van der Waals surface area contributed by atoms with Crippen LogP contribution in [0.25, 0.3) is 0 Å². The van der Waals surface area contributed by atoms with E-state index in [1.807, 2.05) is 19.1 Å².